The van der Waals surface area contributed by atoms with Gasteiger partial charge < -0.3 is 4.52 Å². The Morgan fingerprint density at radius 2 is 2.11 bits per heavy atom. The molecule has 2 rings (SSSR count). The third kappa shape index (κ3) is 3.14. The van der Waals surface area contributed by atoms with Crippen molar-refractivity contribution in [2.24, 2.45) is 5.92 Å². The van der Waals surface area contributed by atoms with E-state index < -0.39 is 0 Å². The highest BCUT2D eigenvalue weighted by Gasteiger charge is 2.21. The van der Waals surface area contributed by atoms with Gasteiger partial charge in [0.1, 0.15) is 0 Å². The molecule has 6 heteroatoms. The summed E-state index contributed by atoms with van der Waals surface area (Å²) in [4.78, 5) is 8.72. The third-order valence-electron chi connectivity index (χ3n) is 2.65. The van der Waals surface area contributed by atoms with E-state index in [1.54, 1.807) is 11.3 Å². The normalized spacial score (nSPS) is 13.2. The molecule has 0 aliphatic rings. The molecular weight excluding hydrogens is 248 g/mol. The largest absolute Gasteiger partial charge is 0.338 e. The Bertz CT molecular complexity index is 506. The van der Waals surface area contributed by atoms with Gasteiger partial charge in [0.25, 0.3) is 0 Å². The van der Waals surface area contributed by atoms with Crippen LogP contribution in [0.4, 0.5) is 0 Å². The molecule has 0 aliphatic heterocycles. The standard InChI is InChI=1S/C12H18N4OS/c1-7(2)11(12-14-8(3)16-17-12)13-5-10-6-18-9(4)15-10/h6-7,11,13H,5H2,1-4H3. The SMILES string of the molecule is Cc1noc(C(NCc2csc(C)n2)C(C)C)n1. The van der Waals surface area contributed by atoms with E-state index >= 15 is 0 Å². The Balaban J connectivity index is 2.03. The summed E-state index contributed by atoms with van der Waals surface area (Å²) >= 11 is 1.66. The molecular formula is C12H18N4OS. The summed E-state index contributed by atoms with van der Waals surface area (Å²) in [6.07, 6.45) is 0. The summed E-state index contributed by atoms with van der Waals surface area (Å²) < 4.78 is 5.24. The lowest BCUT2D eigenvalue weighted by molar-refractivity contribution is 0.286. The molecule has 0 radical (unpaired) electrons. The number of thiazole rings is 1. The molecule has 0 fully saturated rings. The molecule has 0 spiro atoms. The number of aryl methyl sites for hydroxylation is 2. The van der Waals surface area contributed by atoms with Crippen LogP contribution in [0, 0.1) is 19.8 Å². The van der Waals surface area contributed by atoms with Crippen molar-refractivity contribution in [3.05, 3.63) is 27.8 Å². The van der Waals surface area contributed by atoms with E-state index in [0.717, 1.165) is 10.7 Å². The van der Waals surface area contributed by atoms with Crippen molar-refractivity contribution in [3.63, 3.8) is 0 Å². The van der Waals surface area contributed by atoms with Gasteiger partial charge in [-0.3, -0.25) is 5.32 Å². The molecule has 0 saturated carbocycles. The Hall–Kier alpha value is -1.27. The lowest BCUT2D eigenvalue weighted by Crippen LogP contribution is -2.25. The Morgan fingerprint density at radius 1 is 1.33 bits per heavy atom. The number of rotatable bonds is 5. The maximum absolute atomic E-state index is 5.24. The second-order valence-electron chi connectivity index (χ2n) is 4.64. The van der Waals surface area contributed by atoms with Gasteiger partial charge in [0.15, 0.2) is 5.82 Å². The fourth-order valence-corrected chi connectivity index (χ4v) is 2.36. The van der Waals surface area contributed by atoms with Crippen LogP contribution in [0.1, 0.15) is 42.3 Å². The molecule has 0 amide bonds. The highest BCUT2D eigenvalue weighted by Crippen LogP contribution is 2.20. The zero-order chi connectivity index (χ0) is 13.1. The van der Waals surface area contributed by atoms with Gasteiger partial charge in [-0.15, -0.1) is 11.3 Å². The van der Waals surface area contributed by atoms with E-state index in [2.05, 4.69) is 39.7 Å². The first-order valence-corrected chi connectivity index (χ1v) is 6.89. The Labute approximate surface area is 111 Å². The van der Waals surface area contributed by atoms with E-state index in [4.69, 9.17) is 4.52 Å². The molecule has 2 aromatic heterocycles. The minimum absolute atomic E-state index is 0.0632. The van der Waals surface area contributed by atoms with Crippen LogP contribution in [0.2, 0.25) is 0 Å². The van der Waals surface area contributed by atoms with Gasteiger partial charge in [-0.25, -0.2) is 4.98 Å². The van der Waals surface area contributed by atoms with E-state index in [-0.39, 0.29) is 6.04 Å². The lowest BCUT2D eigenvalue weighted by atomic mass is 10.0. The number of nitrogens with zero attached hydrogens (tertiary/aromatic N) is 3. The van der Waals surface area contributed by atoms with E-state index in [1.807, 2.05) is 13.8 Å². The minimum atomic E-state index is 0.0632. The summed E-state index contributed by atoms with van der Waals surface area (Å²) in [5.41, 5.74) is 1.05. The minimum Gasteiger partial charge on any atom is -0.338 e. The lowest BCUT2D eigenvalue weighted by Gasteiger charge is -2.17. The summed E-state index contributed by atoms with van der Waals surface area (Å²) in [6.45, 7) is 8.81. The highest BCUT2D eigenvalue weighted by molar-refractivity contribution is 7.09. The van der Waals surface area contributed by atoms with Crippen molar-refractivity contribution < 1.29 is 4.52 Å². The number of hydrogen-bond acceptors (Lipinski definition) is 6. The van der Waals surface area contributed by atoms with Crippen LogP contribution in [0.5, 0.6) is 0 Å². The van der Waals surface area contributed by atoms with Crippen LogP contribution in [0.25, 0.3) is 0 Å². The van der Waals surface area contributed by atoms with E-state index in [1.165, 1.54) is 0 Å². The summed E-state index contributed by atoms with van der Waals surface area (Å²) in [5, 5.41) is 10.4. The second kappa shape index (κ2) is 5.58. The van der Waals surface area contributed by atoms with Crippen LogP contribution in [-0.4, -0.2) is 15.1 Å². The Kier molecular flexibility index (Phi) is 4.08. The van der Waals surface area contributed by atoms with Crippen LogP contribution in [0.15, 0.2) is 9.90 Å². The quantitative estimate of drug-likeness (QED) is 0.901. The van der Waals surface area contributed by atoms with Crippen molar-refractivity contribution in [1.82, 2.24) is 20.4 Å². The fourth-order valence-electron chi connectivity index (χ4n) is 1.75. The van der Waals surface area contributed by atoms with Gasteiger partial charge in [-0.2, -0.15) is 4.98 Å². The highest BCUT2D eigenvalue weighted by atomic mass is 32.1. The predicted octanol–water partition coefficient (Wildman–Crippen LogP) is 2.63. The van der Waals surface area contributed by atoms with Crippen molar-refractivity contribution >= 4 is 11.3 Å². The average Bonchev–Trinajstić information content (AvgIpc) is 2.88. The molecule has 98 valence electrons. The fraction of sp³-hybridized carbons (Fsp3) is 0.583. The van der Waals surface area contributed by atoms with Crippen LogP contribution >= 0.6 is 11.3 Å². The zero-order valence-electron chi connectivity index (χ0n) is 11.1. The molecule has 0 saturated heterocycles. The van der Waals surface area contributed by atoms with Crippen molar-refractivity contribution in [3.8, 4) is 0 Å². The molecule has 0 aromatic carbocycles. The van der Waals surface area contributed by atoms with E-state index in [0.29, 0.717) is 24.2 Å². The summed E-state index contributed by atoms with van der Waals surface area (Å²) in [7, 11) is 0. The second-order valence-corrected chi connectivity index (χ2v) is 5.70. The summed E-state index contributed by atoms with van der Waals surface area (Å²) in [5.74, 6) is 1.70. The van der Waals surface area contributed by atoms with Gasteiger partial charge >= 0.3 is 0 Å². The van der Waals surface area contributed by atoms with Gasteiger partial charge in [0, 0.05) is 11.9 Å². The predicted molar refractivity (Wildman–Crippen MR) is 70.3 cm³/mol. The zero-order valence-corrected chi connectivity index (χ0v) is 11.9. The molecule has 1 unspecified atom stereocenters. The number of nitrogens with one attached hydrogen (secondary N) is 1. The third-order valence-corrected chi connectivity index (χ3v) is 3.47. The van der Waals surface area contributed by atoms with Gasteiger partial charge in [-0.1, -0.05) is 19.0 Å². The van der Waals surface area contributed by atoms with Gasteiger partial charge in [-0.05, 0) is 19.8 Å². The van der Waals surface area contributed by atoms with E-state index in [9.17, 15) is 0 Å². The topological polar surface area (TPSA) is 63.8 Å². The van der Waals surface area contributed by atoms with Crippen molar-refractivity contribution in [1.29, 1.82) is 0 Å². The first-order valence-electron chi connectivity index (χ1n) is 6.01. The first kappa shape index (κ1) is 13.2. The van der Waals surface area contributed by atoms with Crippen molar-refractivity contribution in [2.45, 2.75) is 40.3 Å². The first-order chi connectivity index (χ1) is 8.56. The summed E-state index contributed by atoms with van der Waals surface area (Å²) in [6, 6.07) is 0.0632. The van der Waals surface area contributed by atoms with Crippen molar-refractivity contribution in [2.75, 3.05) is 0 Å². The molecule has 2 aromatic rings. The maximum atomic E-state index is 5.24. The number of aromatic nitrogens is 3. The van der Waals surface area contributed by atoms with Crippen LogP contribution < -0.4 is 5.32 Å². The monoisotopic (exact) mass is 266 g/mol. The van der Waals surface area contributed by atoms with Gasteiger partial charge in [0.2, 0.25) is 5.89 Å². The van der Waals surface area contributed by atoms with Crippen LogP contribution in [0.3, 0.4) is 0 Å². The molecule has 2 heterocycles. The Morgan fingerprint density at radius 3 is 2.61 bits per heavy atom. The van der Waals surface area contributed by atoms with Crippen LogP contribution in [-0.2, 0) is 6.54 Å². The molecule has 0 aliphatic carbocycles. The average molecular weight is 266 g/mol. The smallest absolute Gasteiger partial charge is 0.244 e. The molecule has 0 bridgehead atoms. The molecule has 1 N–H and O–H groups in total. The molecule has 5 nitrogen and oxygen atoms in total. The molecule has 1 atom stereocenters. The number of hydrogen-bond donors (Lipinski definition) is 1. The van der Waals surface area contributed by atoms with Gasteiger partial charge in [0.05, 0.1) is 16.7 Å². The maximum Gasteiger partial charge on any atom is 0.244 e. The molecule has 18 heavy (non-hydrogen) atoms.